The molecule has 2 aromatic rings. The van der Waals surface area contributed by atoms with Gasteiger partial charge in [0.15, 0.2) is 11.5 Å². The minimum absolute atomic E-state index is 0.0579. The minimum atomic E-state index is -4.64. The third-order valence-corrected chi connectivity index (χ3v) is 4.31. The van der Waals surface area contributed by atoms with Gasteiger partial charge < -0.3 is 10.2 Å². The molecule has 1 aliphatic heterocycles. The fourth-order valence-corrected chi connectivity index (χ4v) is 2.77. The predicted octanol–water partition coefficient (Wildman–Crippen LogP) is 1.79. The van der Waals surface area contributed by atoms with Crippen molar-refractivity contribution in [2.24, 2.45) is 0 Å². The summed E-state index contributed by atoms with van der Waals surface area (Å²) in [6.07, 6.45) is -3.63. The SMILES string of the molecule is Cc1c(N[C@@H]2CCC(=O)N(C)C2)nn2c(C(F)(F)F)nnc2c1C. The van der Waals surface area contributed by atoms with E-state index in [0.29, 0.717) is 36.3 Å². The topological polar surface area (TPSA) is 75.4 Å². The molecule has 0 bridgehead atoms. The molecule has 1 saturated heterocycles. The van der Waals surface area contributed by atoms with Gasteiger partial charge in [-0.3, -0.25) is 4.79 Å². The van der Waals surface area contributed by atoms with Gasteiger partial charge in [0.1, 0.15) is 0 Å². The van der Waals surface area contributed by atoms with Crippen molar-refractivity contribution in [3.05, 3.63) is 17.0 Å². The van der Waals surface area contributed by atoms with E-state index in [0.717, 1.165) is 4.52 Å². The van der Waals surface area contributed by atoms with Gasteiger partial charge >= 0.3 is 6.18 Å². The number of alkyl halides is 3. The molecule has 0 aliphatic carbocycles. The largest absolute Gasteiger partial charge is 0.453 e. The lowest BCUT2D eigenvalue weighted by Crippen LogP contribution is -2.43. The van der Waals surface area contributed by atoms with Crippen molar-refractivity contribution in [3.63, 3.8) is 0 Å². The number of aryl methyl sites for hydroxylation is 1. The van der Waals surface area contributed by atoms with Crippen LogP contribution < -0.4 is 5.32 Å². The number of anilines is 1. The maximum atomic E-state index is 13.0. The van der Waals surface area contributed by atoms with Gasteiger partial charge in [-0.15, -0.1) is 15.3 Å². The van der Waals surface area contributed by atoms with Crippen molar-refractivity contribution in [1.29, 1.82) is 0 Å². The highest BCUT2D eigenvalue weighted by atomic mass is 19.4. The maximum Gasteiger partial charge on any atom is 0.453 e. The van der Waals surface area contributed by atoms with Crippen LogP contribution in [0.5, 0.6) is 0 Å². The van der Waals surface area contributed by atoms with E-state index in [2.05, 4.69) is 20.6 Å². The van der Waals surface area contributed by atoms with Crippen LogP contribution >= 0.6 is 0 Å². The van der Waals surface area contributed by atoms with Crippen LogP contribution in [-0.4, -0.2) is 50.3 Å². The van der Waals surface area contributed by atoms with Gasteiger partial charge in [0.2, 0.25) is 5.91 Å². The Balaban J connectivity index is 1.99. The number of aromatic nitrogens is 4. The average Bonchev–Trinajstić information content (AvgIpc) is 2.92. The number of hydrogen-bond donors (Lipinski definition) is 1. The van der Waals surface area contributed by atoms with Crippen LogP contribution in [0.15, 0.2) is 0 Å². The number of hydrogen-bond acceptors (Lipinski definition) is 5. The Bertz CT molecular complexity index is 800. The molecular formula is C14H17F3N6O. The van der Waals surface area contributed by atoms with Crippen LogP contribution in [0.25, 0.3) is 5.65 Å². The van der Waals surface area contributed by atoms with Gasteiger partial charge in [-0.1, -0.05) is 0 Å². The summed E-state index contributed by atoms with van der Waals surface area (Å²) < 4.78 is 39.8. The molecule has 10 heteroatoms. The van der Waals surface area contributed by atoms with Gasteiger partial charge in [-0.2, -0.15) is 17.7 Å². The number of halogens is 3. The van der Waals surface area contributed by atoms with Crippen molar-refractivity contribution in [1.82, 2.24) is 24.7 Å². The second kappa shape index (κ2) is 5.60. The van der Waals surface area contributed by atoms with Crippen LogP contribution in [-0.2, 0) is 11.0 Å². The van der Waals surface area contributed by atoms with E-state index in [1.165, 1.54) is 0 Å². The van der Waals surface area contributed by atoms with Gasteiger partial charge in [-0.25, -0.2) is 0 Å². The number of nitrogens with one attached hydrogen (secondary N) is 1. The summed E-state index contributed by atoms with van der Waals surface area (Å²) in [4.78, 5) is 13.1. The number of fused-ring (bicyclic) bond motifs is 1. The number of rotatable bonds is 2. The highest BCUT2D eigenvalue weighted by Crippen LogP contribution is 2.30. The summed E-state index contributed by atoms with van der Waals surface area (Å²) in [5.74, 6) is -0.750. The van der Waals surface area contributed by atoms with E-state index < -0.39 is 12.0 Å². The van der Waals surface area contributed by atoms with Crippen LogP contribution in [0.4, 0.5) is 19.0 Å². The zero-order valence-corrected chi connectivity index (χ0v) is 13.5. The molecule has 0 saturated carbocycles. The van der Waals surface area contributed by atoms with Crippen molar-refractivity contribution < 1.29 is 18.0 Å². The Labute approximate surface area is 135 Å². The number of piperidine rings is 1. The number of likely N-dealkylation sites (N-methyl/N-ethyl adjacent to an activating group) is 1. The molecule has 1 atom stereocenters. The Morgan fingerprint density at radius 1 is 1.21 bits per heavy atom. The molecule has 1 N–H and O–H groups in total. The van der Waals surface area contributed by atoms with Gasteiger partial charge in [-0.05, 0) is 25.8 Å². The quantitative estimate of drug-likeness (QED) is 0.901. The first-order valence-corrected chi connectivity index (χ1v) is 7.48. The summed E-state index contributed by atoms with van der Waals surface area (Å²) >= 11 is 0. The molecule has 0 radical (unpaired) electrons. The second-order valence-electron chi connectivity index (χ2n) is 6.01. The third-order valence-electron chi connectivity index (χ3n) is 4.31. The van der Waals surface area contributed by atoms with Crippen LogP contribution in [0.3, 0.4) is 0 Å². The number of carbonyl (C=O) groups excluding carboxylic acids is 1. The van der Waals surface area contributed by atoms with Crippen molar-refractivity contribution in [2.45, 2.75) is 38.9 Å². The molecular weight excluding hydrogens is 325 g/mol. The maximum absolute atomic E-state index is 13.0. The summed E-state index contributed by atoms with van der Waals surface area (Å²) in [5.41, 5.74) is 1.38. The number of carbonyl (C=O) groups is 1. The Hall–Kier alpha value is -2.39. The van der Waals surface area contributed by atoms with Gasteiger partial charge in [0.05, 0.1) is 0 Å². The first-order valence-electron chi connectivity index (χ1n) is 7.48. The molecule has 2 aromatic heterocycles. The van der Waals surface area contributed by atoms with E-state index >= 15 is 0 Å². The smallest absolute Gasteiger partial charge is 0.364 e. The molecule has 0 unspecified atom stereocenters. The lowest BCUT2D eigenvalue weighted by atomic mass is 10.1. The molecule has 1 amide bonds. The van der Waals surface area contributed by atoms with E-state index in [-0.39, 0.29) is 17.6 Å². The second-order valence-corrected chi connectivity index (χ2v) is 6.01. The first-order chi connectivity index (χ1) is 11.2. The standard InChI is InChI=1S/C14H17F3N6O/c1-7-8(2)12-19-20-13(14(15,16)17)23(12)21-11(7)18-9-4-5-10(24)22(3)6-9/h9H,4-6H2,1-3H3,(H,18,21)/t9-/m1/s1. The summed E-state index contributed by atoms with van der Waals surface area (Å²) in [7, 11) is 1.70. The zero-order chi connectivity index (χ0) is 17.6. The molecule has 0 spiro atoms. The predicted molar refractivity (Wildman–Crippen MR) is 79.5 cm³/mol. The van der Waals surface area contributed by atoms with E-state index in [9.17, 15) is 18.0 Å². The van der Waals surface area contributed by atoms with Crippen molar-refractivity contribution in [3.8, 4) is 0 Å². The third kappa shape index (κ3) is 2.76. The summed E-state index contributed by atoms with van der Waals surface area (Å²) in [6, 6.07) is -0.0680. The lowest BCUT2D eigenvalue weighted by Gasteiger charge is -2.30. The molecule has 130 valence electrons. The van der Waals surface area contributed by atoms with E-state index in [1.807, 2.05) is 0 Å². The average molecular weight is 342 g/mol. The van der Waals surface area contributed by atoms with Crippen LogP contribution in [0, 0.1) is 13.8 Å². The molecule has 24 heavy (non-hydrogen) atoms. The minimum Gasteiger partial charge on any atom is -0.364 e. The molecule has 3 rings (SSSR count). The van der Waals surface area contributed by atoms with Gasteiger partial charge in [0, 0.05) is 31.6 Å². The van der Waals surface area contributed by atoms with Gasteiger partial charge in [0.25, 0.3) is 5.82 Å². The fraction of sp³-hybridized carbons (Fsp3) is 0.571. The number of nitrogens with zero attached hydrogens (tertiary/aromatic N) is 5. The van der Waals surface area contributed by atoms with Crippen LogP contribution in [0.1, 0.15) is 29.8 Å². The molecule has 1 aliphatic rings. The number of amides is 1. The van der Waals surface area contributed by atoms with E-state index in [4.69, 9.17) is 0 Å². The Kier molecular flexibility index (Phi) is 3.84. The molecule has 1 fully saturated rings. The fourth-order valence-electron chi connectivity index (χ4n) is 2.77. The summed E-state index contributed by atoms with van der Waals surface area (Å²) in [6.45, 7) is 3.93. The monoisotopic (exact) mass is 342 g/mol. The number of likely N-dealkylation sites (tertiary alicyclic amines) is 1. The first kappa shape index (κ1) is 16.5. The van der Waals surface area contributed by atoms with E-state index in [1.54, 1.807) is 25.8 Å². The molecule has 3 heterocycles. The van der Waals surface area contributed by atoms with Crippen molar-refractivity contribution in [2.75, 3.05) is 18.9 Å². The molecule has 0 aromatic carbocycles. The Morgan fingerprint density at radius 3 is 2.54 bits per heavy atom. The zero-order valence-electron chi connectivity index (χ0n) is 13.5. The summed E-state index contributed by atoms with van der Waals surface area (Å²) in [5, 5.41) is 14.0. The van der Waals surface area contributed by atoms with Crippen LogP contribution in [0.2, 0.25) is 0 Å². The van der Waals surface area contributed by atoms with Crippen molar-refractivity contribution >= 4 is 17.4 Å². The highest BCUT2D eigenvalue weighted by molar-refractivity contribution is 5.77. The normalized spacial score (nSPS) is 19.2. The highest BCUT2D eigenvalue weighted by Gasteiger charge is 2.38. The Morgan fingerprint density at radius 2 is 1.92 bits per heavy atom. The lowest BCUT2D eigenvalue weighted by molar-refractivity contribution is -0.146. The molecule has 7 nitrogen and oxygen atoms in total.